The fourth-order valence-corrected chi connectivity index (χ4v) is 2.67. The lowest BCUT2D eigenvalue weighted by Gasteiger charge is -2.35. The number of aliphatic hydroxyl groups excluding tert-OH is 1. The maximum atomic E-state index is 9.74. The van der Waals surface area contributed by atoms with Gasteiger partial charge in [0.05, 0.1) is 26.4 Å². The molecule has 1 saturated heterocycles. The lowest BCUT2D eigenvalue weighted by Crippen LogP contribution is -2.44. The first-order valence-corrected chi connectivity index (χ1v) is 7.32. The molecule has 1 aromatic carbocycles. The Morgan fingerprint density at radius 1 is 1.50 bits per heavy atom. The van der Waals surface area contributed by atoms with Gasteiger partial charge in [-0.2, -0.15) is 0 Å². The van der Waals surface area contributed by atoms with Crippen molar-refractivity contribution in [3.63, 3.8) is 0 Å². The summed E-state index contributed by atoms with van der Waals surface area (Å²) in [5, 5.41) is 9.74. The minimum Gasteiger partial charge on any atom is -0.496 e. The van der Waals surface area contributed by atoms with E-state index in [-0.39, 0.29) is 0 Å². The molecule has 1 aliphatic heterocycles. The lowest BCUT2D eigenvalue weighted by molar-refractivity contribution is -0.0130. The van der Waals surface area contributed by atoms with Crippen LogP contribution in [0.1, 0.15) is 37.5 Å². The Labute approximate surface area is 121 Å². The quantitative estimate of drug-likeness (QED) is 0.898. The van der Waals surface area contributed by atoms with E-state index < -0.39 is 6.10 Å². The lowest BCUT2D eigenvalue weighted by atomic mass is 10.0. The molecule has 0 radical (unpaired) electrons. The van der Waals surface area contributed by atoms with Crippen molar-refractivity contribution in [3.8, 4) is 5.75 Å². The van der Waals surface area contributed by atoms with E-state index in [9.17, 15) is 5.11 Å². The average molecular weight is 279 g/mol. The van der Waals surface area contributed by atoms with Crippen molar-refractivity contribution in [2.75, 3.05) is 26.9 Å². The number of methoxy groups -OCH3 is 1. The molecule has 0 amide bonds. The van der Waals surface area contributed by atoms with Crippen LogP contribution in [0.25, 0.3) is 0 Å². The third kappa shape index (κ3) is 3.51. The maximum absolute atomic E-state index is 9.74. The zero-order valence-corrected chi connectivity index (χ0v) is 12.6. The Hall–Kier alpha value is -1.10. The zero-order chi connectivity index (χ0) is 14.5. The number of rotatable bonds is 5. The number of aliphatic hydroxyl groups is 1. The predicted octanol–water partition coefficient (Wildman–Crippen LogP) is 2.36. The van der Waals surface area contributed by atoms with Crippen molar-refractivity contribution < 1.29 is 14.6 Å². The van der Waals surface area contributed by atoms with E-state index >= 15 is 0 Å². The second kappa shape index (κ2) is 7.07. The molecule has 20 heavy (non-hydrogen) atoms. The van der Waals surface area contributed by atoms with Crippen LogP contribution in [0.4, 0.5) is 0 Å². The summed E-state index contributed by atoms with van der Waals surface area (Å²) in [6.45, 7) is 7.35. The number of nitrogens with zero attached hydrogens (tertiary/aromatic N) is 1. The molecule has 0 saturated carbocycles. The summed E-state index contributed by atoms with van der Waals surface area (Å²) in [5.74, 6) is 0.885. The van der Waals surface area contributed by atoms with Crippen molar-refractivity contribution in [1.29, 1.82) is 0 Å². The van der Waals surface area contributed by atoms with Gasteiger partial charge in [0.25, 0.3) is 0 Å². The number of hydrogen-bond acceptors (Lipinski definition) is 4. The summed E-state index contributed by atoms with van der Waals surface area (Å²) < 4.78 is 11.0. The molecule has 0 aliphatic carbocycles. The van der Waals surface area contributed by atoms with Crippen LogP contribution in [-0.4, -0.2) is 42.9 Å². The molecule has 0 bridgehead atoms. The Morgan fingerprint density at radius 3 is 2.95 bits per heavy atom. The first-order chi connectivity index (χ1) is 9.65. The van der Waals surface area contributed by atoms with Gasteiger partial charge in [-0.15, -0.1) is 0 Å². The van der Waals surface area contributed by atoms with E-state index in [0.717, 1.165) is 49.6 Å². The van der Waals surface area contributed by atoms with Gasteiger partial charge in [-0.3, -0.25) is 4.90 Å². The largest absolute Gasteiger partial charge is 0.496 e. The van der Waals surface area contributed by atoms with E-state index in [4.69, 9.17) is 9.47 Å². The van der Waals surface area contributed by atoms with Crippen LogP contribution in [0.2, 0.25) is 0 Å². The highest BCUT2D eigenvalue weighted by Gasteiger charge is 2.22. The fraction of sp³-hybridized carbons (Fsp3) is 0.625. The SMILES string of the molecule is CCC1COCCN1Cc1cc(C(C)O)ccc1OC. The average Bonchev–Trinajstić information content (AvgIpc) is 2.47. The summed E-state index contributed by atoms with van der Waals surface area (Å²) in [6.07, 6.45) is 0.629. The van der Waals surface area contributed by atoms with E-state index in [1.807, 2.05) is 18.2 Å². The standard InChI is InChI=1S/C16H25NO3/c1-4-15-11-20-8-7-17(15)10-14-9-13(12(2)18)5-6-16(14)19-3/h5-6,9,12,15,18H,4,7-8,10-11H2,1-3H3. The van der Waals surface area contributed by atoms with Crippen molar-refractivity contribution in [2.24, 2.45) is 0 Å². The van der Waals surface area contributed by atoms with Gasteiger partial charge < -0.3 is 14.6 Å². The minimum atomic E-state index is -0.452. The molecule has 1 heterocycles. The van der Waals surface area contributed by atoms with Crippen molar-refractivity contribution >= 4 is 0 Å². The highest BCUT2D eigenvalue weighted by molar-refractivity contribution is 5.38. The summed E-state index contributed by atoms with van der Waals surface area (Å²) in [4.78, 5) is 2.44. The molecule has 2 unspecified atom stereocenters. The van der Waals surface area contributed by atoms with Crippen molar-refractivity contribution in [3.05, 3.63) is 29.3 Å². The maximum Gasteiger partial charge on any atom is 0.123 e. The van der Waals surface area contributed by atoms with Crippen LogP contribution < -0.4 is 4.74 Å². The Balaban J connectivity index is 2.19. The molecule has 112 valence electrons. The van der Waals surface area contributed by atoms with Crippen LogP contribution in [0.15, 0.2) is 18.2 Å². The smallest absolute Gasteiger partial charge is 0.123 e. The van der Waals surface area contributed by atoms with E-state index in [1.54, 1.807) is 14.0 Å². The molecule has 0 spiro atoms. The molecular weight excluding hydrogens is 254 g/mol. The van der Waals surface area contributed by atoms with Crippen LogP contribution in [0.3, 0.4) is 0 Å². The van der Waals surface area contributed by atoms with Gasteiger partial charge in [-0.1, -0.05) is 13.0 Å². The molecule has 1 aliphatic rings. The van der Waals surface area contributed by atoms with Gasteiger partial charge in [0.1, 0.15) is 5.75 Å². The topological polar surface area (TPSA) is 41.9 Å². The number of benzene rings is 1. The molecule has 1 aromatic rings. The van der Waals surface area contributed by atoms with Gasteiger partial charge in [0, 0.05) is 24.7 Å². The summed E-state index contributed by atoms with van der Waals surface area (Å²) in [7, 11) is 1.69. The molecule has 2 rings (SSSR count). The van der Waals surface area contributed by atoms with Crippen molar-refractivity contribution in [1.82, 2.24) is 4.90 Å². The summed E-state index contributed by atoms with van der Waals surface area (Å²) >= 11 is 0. The number of hydrogen-bond donors (Lipinski definition) is 1. The predicted molar refractivity (Wildman–Crippen MR) is 78.9 cm³/mol. The number of ether oxygens (including phenoxy) is 2. The third-order valence-electron chi connectivity index (χ3n) is 3.98. The molecule has 4 heteroatoms. The van der Waals surface area contributed by atoms with Gasteiger partial charge in [0.2, 0.25) is 0 Å². The number of morpholine rings is 1. The molecular formula is C16H25NO3. The van der Waals surface area contributed by atoms with Crippen LogP contribution >= 0.6 is 0 Å². The normalized spacial score (nSPS) is 21.7. The molecule has 1 fully saturated rings. The molecule has 4 nitrogen and oxygen atoms in total. The first kappa shape index (κ1) is 15.3. The highest BCUT2D eigenvalue weighted by atomic mass is 16.5. The summed E-state index contributed by atoms with van der Waals surface area (Å²) in [6, 6.07) is 6.37. The highest BCUT2D eigenvalue weighted by Crippen LogP contribution is 2.26. The van der Waals surface area contributed by atoms with E-state index in [1.165, 1.54) is 0 Å². The van der Waals surface area contributed by atoms with Gasteiger partial charge in [-0.25, -0.2) is 0 Å². The van der Waals surface area contributed by atoms with E-state index in [2.05, 4.69) is 11.8 Å². The van der Waals surface area contributed by atoms with Crippen LogP contribution in [0.5, 0.6) is 5.75 Å². The van der Waals surface area contributed by atoms with Crippen molar-refractivity contribution in [2.45, 2.75) is 39.0 Å². The zero-order valence-electron chi connectivity index (χ0n) is 12.6. The Kier molecular flexibility index (Phi) is 5.40. The molecule has 2 atom stereocenters. The second-order valence-electron chi connectivity index (χ2n) is 5.35. The second-order valence-corrected chi connectivity index (χ2v) is 5.35. The fourth-order valence-electron chi connectivity index (χ4n) is 2.67. The summed E-state index contributed by atoms with van der Waals surface area (Å²) in [5.41, 5.74) is 2.06. The monoisotopic (exact) mass is 279 g/mol. The Morgan fingerprint density at radius 2 is 2.30 bits per heavy atom. The van der Waals surface area contributed by atoms with Crippen LogP contribution in [-0.2, 0) is 11.3 Å². The minimum absolute atomic E-state index is 0.452. The van der Waals surface area contributed by atoms with Gasteiger partial charge in [-0.05, 0) is 31.0 Å². The van der Waals surface area contributed by atoms with Gasteiger partial charge in [0.15, 0.2) is 0 Å². The van der Waals surface area contributed by atoms with Crippen LogP contribution in [0, 0.1) is 0 Å². The first-order valence-electron chi connectivity index (χ1n) is 7.32. The van der Waals surface area contributed by atoms with Gasteiger partial charge >= 0.3 is 0 Å². The van der Waals surface area contributed by atoms with E-state index in [0.29, 0.717) is 6.04 Å². The molecule has 1 N–H and O–H groups in total. The third-order valence-corrected chi connectivity index (χ3v) is 3.98. The molecule has 0 aromatic heterocycles. The Bertz CT molecular complexity index is 434.